The van der Waals surface area contributed by atoms with Crippen molar-refractivity contribution in [2.24, 2.45) is 0 Å². The summed E-state index contributed by atoms with van der Waals surface area (Å²) >= 11 is 0. The minimum Gasteiger partial charge on any atom is -0.507 e. The predicted octanol–water partition coefficient (Wildman–Crippen LogP) is 5.20. The lowest BCUT2D eigenvalue weighted by molar-refractivity contribution is -0.185. The monoisotopic (exact) mass is 306 g/mol. The minimum atomic E-state index is 0.0488. The van der Waals surface area contributed by atoms with Crippen LogP contribution in [0.2, 0.25) is 0 Å². The number of benzene rings is 2. The molecule has 23 heavy (non-hydrogen) atoms. The minimum absolute atomic E-state index is 0.0488. The molecule has 0 spiro atoms. The summed E-state index contributed by atoms with van der Waals surface area (Å²) in [5, 5.41) is 19.4. The van der Waals surface area contributed by atoms with Crippen LogP contribution in [0, 0.1) is 0 Å². The van der Waals surface area contributed by atoms with Gasteiger partial charge >= 0.3 is 0 Å². The second-order valence-corrected chi connectivity index (χ2v) is 4.80. The Kier molecular flexibility index (Phi) is 5.18. The van der Waals surface area contributed by atoms with E-state index < -0.39 is 0 Å². The third-order valence-electron chi connectivity index (χ3n) is 3.59. The average molecular weight is 306 g/mol. The zero-order chi connectivity index (χ0) is 16.8. The fourth-order valence-electron chi connectivity index (χ4n) is 2.54. The summed E-state index contributed by atoms with van der Waals surface area (Å²) in [5.41, 5.74) is 4.13. The van der Waals surface area contributed by atoms with E-state index in [0.717, 1.165) is 16.7 Å². The van der Waals surface area contributed by atoms with Gasteiger partial charge < -0.3 is 9.99 Å². The molecule has 2 N–H and O–H groups in total. The smallest absolute Gasteiger partial charge is 0.137 e. The summed E-state index contributed by atoms with van der Waals surface area (Å²) < 4.78 is 0. The van der Waals surface area contributed by atoms with E-state index in [9.17, 15) is 5.11 Å². The normalized spacial score (nSPS) is 10.9. The average Bonchev–Trinajstić information content (AvgIpc) is 2.59. The second-order valence-electron chi connectivity index (χ2n) is 4.80. The topological polar surface area (TPSA) is 49.7 Å². The highest BCUT2D eigenvalue weighted by molar-refractivity contribution is 5.91. The molecular weight excluding hydrogens is 288 g/mol. The first-order chi connectivity index (χ1) is 11.2. The summed E-state index contributed by atoms with van der Waals surface area (Å²) in [7, 11) is 0. The molecule has 0 radical (unpaired) electrons. The van der Waals surface area contributed by atoms with Crippen molar-refractivity contribution in [1.82, 2.24) is 0 Å². The lowest BCUT2D eigenvalue weighted by Gasteiger charge is -2.16. The van der Waals surface area contributed by atoms with Crippen LogP contribution in [0.1, 0.15) is 27.8 Å². The van der Waals surface area contributed by atoms with Crippen molar-refractivity contribution in [3.63, 3.8) is 0 Å². The van der Waals surface area contributed by atoms with Gasteiger partial charge in [-0.05, 0) is 28.3 Å². The number of rotatable bonds is 6. The molecule has 0 fully saturated rings. The maximum absolute atomic E-state index is 10.4. The number of hydrogen-bond donors (Lipinski definition) is 2. The third kappa shape index (κ3) is 3.10. The number of hydrogen-bond acceptors (Lipinski definition) is 3. The van der Waals surface area contributed by atoms with E-state index in [-0.39, 0.29) is 5.75 Å². The van der Waals surface area contributed by atoms with Gasteiger partial charge in [0, 0.05) is 11.1 Å². The quantitative estimate of drug-likeness (QED) is 0.438. The van der Waals surface area contributed by atoms with Crippen LogP contribution in [0.25, 0.3) is 23.8 Å². The van der Waals surface area contributed by atoms with Crippen molar-refractivity contribution in [3.05, 3.63) is 90.2 Å². The molecule has 0 aliphatic carbocycles. The molecule has 2 rings (SSSR count). The zero-order valence-corrected chi connectivity index (χ0v) is 12.7. The second kappa shape index (κ2) is 7.29. The lowest BCUT2D eigenvalue weighted by atomic mass is 9.89. The highest BCUT2D eigenvalue weighted by atomic mass is 17.1. The molecule has 0 aliphatic rings. The first-order valence-corrected chi connectivity index (χ1v) is 7.01. The molecule has 2 aromatic carbocycles. The van der Waals surface area contributed by atoms with E-state index in [1.165, 1.54) is 6.26 Å². The Bertz CT molecular complexity index is 785. The Hall–Kier alpha value is -3.04. The van der Waals surface area contributed by atoms with Crippen LogP contribution in [0.15, 0.2) is 62.4 Å². The Morgan fingerprint density at radius 2 is 1.61 bits per heavy atom. The maximum Gasteiger partial charge on any atom is 0.137 e. The highest BCUT2D eigenvalue weighted by Gasteiger charge is 2.18. The Labute approximate surface area is 135 Å². The lowest BCUT2D eigenvalue weighted by Crippen LogP contribution is -1.98. The maximum atomic E-state index is 10.4. The van der Waals surface area contributed by atoms with Crippen LogP contribution in [-0.2, 0) is 4.89 Å². The van der Waals surface area contributed by atoms with Crippen LogP contribution in [0.4, 0.5) is 0 Å². The van der Waals surface area contributed by atoms with Gasteiger partial charge in [0.1, 0.15) is 12.0 Å². The van der Waals surface area contributed by atoms with Gasteiger partial charge in [-0.2, -0.15) is 0 Å². The standard InChI is InChI=1S/C20H18O3/c1-4-14-9-7-8-10-17(14)18(13-23-22)20-16(6-3)15(5-2)11-12-19(20)21/h4-13,21-22H,1-3H2/b18-13-. The van der Waals surface area contributed by atoms with E-state index in [1.807, 2.05) is 24.3 Å². The van der Waals surface area contributed by atoms with E-state index >= 15 is 0 Å². The van der Waals surface area contributed by atoms with Gasteiger partial charge in [0.15, 0.2) is 0 Å². The van der Waals surface area contributed by atoms with Gasteiger partial charge in [-0.25, -0.2) is 5.26 Å². The fourth-order valence-corrected chi connectivity index (χ4v) is 2.54. The first-order valence-electron chi connectivity index (χ1n) is 7.01. The van der Waals surface area contributed by atoms with Crippen molar-refractivity contribution in [2.45, 2.75) is 0 Å². The third-order valence-corrected chi connectivity index (χ3v) is 3.59. The summed E-state index contributed by atoms with van der Waals surface area (Å²) in [6.45, 7) is 11.4. The number of aromatic hydroxyl groups is 1. The predicted molar refractivity (Wildman–Crippen MR) is 95.6 cm³/mol. The largest absolute Gasteiger partial charge is 0.507 e. The van der Waals surface area contributed by atoms with Gasteiger partial charge in [-0.3, -0.25) is 0 Å². The van der Waals surface area contributed by atoms with E-state index in [2.05, 4.69) is 24.6 Å². The van der Waals surface area contributed by atoms with Crippen LogP contribution >= 0.6 is 0 Å². The Morgan fingerprint density at radius 1 is 0.913 bits per heavy atom. The van der Waals surface area contributed by atoms with Crippen LogP contribution < -0.4 is 0 Å². The molecule has 0 aromatic heterocycles. The molecule has 0 saturated heterocycles. The van der Waals surface area contributed by atoms with Crippen LogP contribution in [0.5, 0.6) is 5.75 Å². The van der Waals surface area contributed by atoms with E-state index in [1.54, 1.807) is 30.4 Å². The van der Waals surface area contributed by atoms with Crippen LogP contribution in [0.3, 0.4) is 0 Å². The van der Waals surface area contributed by atoms with Gasteiger partial charge in [-0.15, -0.1) is 0 Å². The zero-order valence-electron chi connectivity index (χ0n) is 12.7. The molecule has 0 aliphatic heterocycles. The van der Waals surface area contributed by atoms with Crippen molar-refractivity contribution in [1.29, 1.82) is 0 Å². The van der Waals surface area contributed by atoms with Crippen molar-refractivity contribution < 1.29 is 15.3 Å². The van der Waals surface area contributed by atoms with Gasteiger partial charge in [0.05, 0.1) is 0 Å². The Morgan fingerprint density at radius 3 is 2.22 bits per heavy atom. The highest BCUT2D eigenvalue weighted by Crippen LogP contribution is 2.37. The summed E-state index contributed by atoms with van der Waals surface area (Å²) in [6, 6.07) is 10.8. The van der Waals surface area contributed by atoms with Crippen molar-refractivity contribution in [3.8, 4) is 5.75 Å². The molecule has 0 amide bonds. The molecule has 116 valence electrons. The van der Waals surface area contributed by atoms with E-state index in [4.69, 9.17) is 5.26 Å². The molecule has 0 bridgehead atoms. The van der Waals surface area contributed by atoms with Gasteiger partial charge in [-0.1, -0.05) is 68.3 Å². The van der Waals surface area contributed by atoms with Crippen molar-refractivity contribution >= 4 is 23.8 Å². The fraction of sp³-hybridized carbons (Fsp3) is 0. The summed E-state index contributed by atoms with van der Waals surface area (Å²) in [6.07, 6.45) is 6.18. The molecule has 0 unspecified atom stereocenters. The van der Waals surface area contributed by atoms with Gasteiger partial charge in [0.2, 0.25) is 0 Å². The molecular formula is C20H18O3. The molecule has 0 heterocycles. The summed E-state index contributed by atoms with van der Waals surface area (Å²) in [5.74, 6) is 0.0488. The Balaban J connectivity index is 2.83. The number of phenols is 1. The van der Waals surface area contributed by atoms with Gasteiger partial charge in [0.25, 0.3) is 0 Å². The molecule has 0 saturated carbocycles. The van der Waals surface area contributed by atoms with Crippen molar-refractivity contribution in [2.75, 3.05) is 0 Å². The molecule has 0 atom stereocenters. The SMILES string of the molecule is C=Cc1ccccc1/C(=C/OO)c1c(O)ccc(C=C)c1C=C. The summed E-state index contributed by atoms with van der Waals surface area (Å²) in [4.78, 5) is 4.27. The number of phenolic OH excluding ortho intramolecular Hbond substituents is 1. The molecule has 2 aromatic rings. The molecule has 3 heteroatoms. The van der Waals surface area contributed by atoms with Crippen LogP contribution in [-0.4, -0.2) is 10.4 Å². The molecule has 3 nitrogen and oxygen atoms in total. The van der Waals surface area contributed by atoms with E-state index in [0.29, 0.717) is 16.7 Å². The first kappa shape index (κ1) is 16.3.